The summed E-state index contributed by atoms with van der Waals surface area (Å²) < 4.78 is 0. The van der Waals surface area contributed by atoms with Gasteiger partial charge in [-0.1, -0.05) is 17.7 Å². The molecule has 0 spiro atoms. The van der Waals surface area contributed by atoms with Crippen molar-refractivity contribution in [3.63, 3.8) is 0 Å². The van der Waals surface area contributed by atoms with Crippen LogP contribution < -0.4 is 0 Å². The van der Waals surface area contributed by atoms with Gasteiger partial charge in [0.2, 0.25) is 0 Å². The highest BCUT2D eigenvalue weighted by Crippen LogP contribution is 2.23. The maximum Gasteiger partial charge on any atom is 0.0408 e. The van der Waals surface area contributed by atoms with Gasteiger partial charge in [0, 0.05) is 5.02 Å². The first-order valence-corrected chi connectivity index (χ1v) is 4.51. The Morgan fingerprint density at radius 1 is 1.00 bits per heavy atom. The number of hydrogen-bond donors (Lipinski definition) is 0. The van der Waals surface area contributed by atoms with E-state index < -0.39 is 0 Å². The third kappa shape index (κ3) is 1.94. The van der Waals surface area contributed by atoms with E-state index in [0.717, 1.165) is 5.02 Å². The molecule has 0 bridgehead atoms. The molecule has 1 aromatic carbocycles. The molecule has 0 nitrogen and oxygen atoms in total. The minimum Gasteiger partial charge on any atom is -0.147 e. The molecule has 2 rings (SSSR count). The second-order valence-electron chi connectivity index (χ2n) is 3.12. The average Bonchev–Trinajstić information content (AvgIpc) is 2.04. The van der Waals surface area contributed by atoms with E-state index in [4.69, 9.17) is 11.6 Å². The van der Waals surface area contributed by atoms with Gasteiger partial charge < -0.3 is 0 Å². The summed E-state index contributed by atoms with van der Waals surface area (Å²) in [5.74, 6) is 0. The number of halogens is 2. The van der Waals surface area contributed by atoms with Gasteiger partial charge in [-0.25, -0.2) is 0 Å². The number of hydrogen-bond acceptors (Lipinski definition) is 0. The minimum absolute atomic E-state index is 0. The largest absolute Gasteiger partial charge is 0.147 e. The Morgan fingerprint density at radius 3 is 2.42 bits per heavy atom. The molecule has 0 fully saturated rings. The van der Waals surface area contributed by atoms with Crippen LogP contribution in [0.5, 0.6) is 0 Å². The van der Waals surface area contributed by atoms with Crippen LogP contribution in [-0.4, -0.2) is 0 Å². The van der Waals surface area contributed by atoms with Gasteiger partial charge in [-0.05, 0) is 48.9 Å². The van der Waals surface area contributed by atoms with Gasteiger partial charge in [0.05, 0.1) is 0 Å². The predicted octanol–water partition coefficient (Wildman–Crippen LogP) is 3.64. The molecule has 0 saturated carbocycles. The van der Waals surface area contributed by atoms with Gasteiger partial charge in [0.25, 0.3) is 0 Å². The van der Waals surface area contributed by atoms with Crippen LogP contribution in [-0.2, 0) is 12.8 Å². The SMILES string of the molecule is Cl.Clc1ccc2c(c1)CCCC2. The van der Waals surface area contributed by atoms with Crippen LogP contribution in [0.4, 0.5) is 0 Å². The zero-order valence-electron chi connectivity index (χ0n) is 6.85. The van der Waals surface area contributed by atoms with Crippen LogP contribution in [0.1, 0.15) is 24.0 Å². The molecule has 1 aromatic rings. The maximum atomic E-state index is 5.88. The lowest BCUT2D eigenvalue weighted by Gasteiger charge is -2.14. The molecule has 0 amide bonds. The van der Waals surface area contributed by atoms with Crippen LogP contribution in [0.3, 0.4) is 0 Å². The van der Waals surface area contributed by atoms with Crippen LogP contribution in [0, 0.1) is 0 Å². The third-order valence-electron chi connectivity index (χ3n) is 2.31. The number of aryl methyl sites for hydroxylation is 2. The standard InChI is InChI=1S/C10H11Cl.ClH/c11-10-6-5-8-3-1-2-4-9(8)7-10;/h5-7H,1-4H2;1H. The van der Waals surface area contributed by atoms with Crippen molar-refractivity contribution in [1.82, 2.24) is 0 Å². The molecule has 0 N–H and O–H groups in total. The van der Waals surface area contributed by atoms with Gasteiger partial charge in [0.1, 0.15) is 0 Å². The summed E-state index contributed by atoms with van der Waals surface area (Å²) in [4.78, 5) is 0. The van der Waals surface area contributed by atoms with Crippen molar-refractivity contribution in [2.24, 2.45) is 0 Å². The fraction of sp³-hybridized carbons (Fsp3) is 0.400. The number of rotatable bonds is 0. The third-order valence-corrected chi connectivity index (χ3v) is 2.55. The quantitative estimate of drug-likeness (QED) is 0.603. The van der Waals surface area contributed by atoms with Gasteiger partial charge in [0.15, 0.2) is 0 Å². The van der Waals surface area contributed by atoms with Crippen molar-refractivity contribution in [2.75, 3.05) is 0 Å². The zero-order chi connectivity index (χ0) is 7.68. The van der Waals surface area contributed by atoms with E-state index in [1.54, 1.807) is 0 Å². The first-order chi connectivity index (χ1) is 5.36. The summed E-state index contributed by atoms with van der Waals surface area (Å²) in [6.45, 7) is 0. The maximum absolute atomic E-state index is 5.88. The topological polar surface area (TPSA) is 0 Å². The van der Waals surface area contributed by atoms with Crippen LogP contribution >= 0.6 is 24.0 Å². The molecule has 1 aliphatic rings. The van der Waals surface area contributed by atoms with Gasteiger partial charge in [-0.15, -0.1) is 12.4 Å². The summed E-state index contributed by atoms with van der Waals surface area (Å²) in [6, 6.07) is 6.26. The summed E-state index contributed by atoms with van der Waals surface area (Å²) in [5, 5.41) is 0.880. The molecule has 0 aliphatic heterocycles. The van der Waals surface area contributed by atoms with Gasteiger partial charge in [-0.3, -0.25) is 0 Å². The summed E-state index contributed by atoms with van der Waals surface area (Å²) >= 11 is 5.88. The fourth-order valence-electron chi connectivity index (χ4n) is 1.70. The highest BCUT2D eigenvalue weighted by atomic mass is 35.5. The average molecular weight is 203 g/mol. The van der Waals surface area contributed by atoms with E-state index in [2.05, 4.69) is 12.1 Å². The van der Waals surface area contributed by atoms with E-state index >= 15 is 0 Å². The molecule has 0 unspecified atom stereocenters. The van der Waals surface area contributed by atoms with Gasteiger partial charge >= 0.3 is 0 Å². The summed E-state index contributed by atoms with van der Waals surface area (Å²) in [5.41, 5.74) is 2.96. The molecule has 2 heteroatoms. The fourth-order valence-corrected chi connectivity index (χ4v) is 1.90. The Bertz CT molecular complexity index is 269. The molecule has 0 aromatic heterocycles. The summed E-state index contributed by atoms with van der Waals surface area (Å²) in [6.07, 6.45) is 5.13. The first kappa shape index (κ1) is 9.88. The van der Waals surface area contributed by atoms with Crippen LogP contribution in [0.25, 0.3) is 0 Å². The Kier molecular flexibility index (Phi) is 3.42. The van der Waals surface area contributed by atoms with Crippen molar-refractivity contribution in [3.05, 3.63) is 34.3 Å². The van der Waals surface area contributed by atoms with Crippen molar-refractivity contribution in [3.8, 4) is 0 Å². The molecule has 12 heavy (non-hydrogen) atoms. The Balaban J connectivity index is 0.000000720. The molecule has 0 saturated heterocycles. The Morgan fingerprint density at radius 2 is 1.67 bits per heavy atom. The van der Waals surface area contributed by atoms with E-state index in [9.17, 15) is 0 Å². The zero-order valence-corrected chi connectivity index (χ0v) is 8.42. The molecular weight excluding hydrogens is 191 g/mol. The van der Waals surface area contributed by atoms with Crippen molar-refractivity contribution in [2.45, 2.75) is 25.7 Å². The lowest BCUT2D eigenvalue weighted by molar-refractivity contribution is 0.685. The van der Waals surface area contributed by atoms with Crippen LogP contribution in [0.15, 0.2) is 18.2 Å². The Hall–Kier alpha value is -0.200. The van der Waals surface area contributed by atoms with E-state index in [0.29, 0.717) is 0 Å². The van der Waals surface area contributed by atoms with Crippen molar-refractivity contribution in [1.29, 1.82) is 0 Å². The molecule has 0 radical (unpaired) electrons. The molecule has 1 aliphatic carbocycles. The molecular formula is C10H12Cl2. The smallest absolute Gasteiger partial charge is 0.0408 e. The first-order valence-electron chi connectivity index (χ1n) is 4.13. The number of benzene rings is 1. The lowest BCUT2D eigenvalue weighted by atomic mass is 9.92. The van der Waals surface area contributed by atoms with E-state index in [-0.39, 0.29) is 12.4 Å². The molecule has 0 atom stereocenters. The van der Waals surface area contributed by atoms with E-state index in [1.807, 2.05) is 6.07 Å². The lowest BCUT2D eigenvalue weighted by Crippen LogP contribution is -2.01. The second kappa shape index (κ2) is 4.15. The monoisotopic (exact) mass is 202 g/mol. The highest BCUT2D eigenvalue weighted by molar-refractivity contribution is 6.30. The van der Waals surface area contributed by atoms with Crippen molar-refractivity contribution < 1.29 is 0 Å². The van der Waals surface area contributed by atoms with Crippen molar-refractivity contribution >= 4 is 24.0 Å². The predicted molar refractivity (Wildman–Crippen MR) is 55.3 cm³/mol. The second-order valence-corrected chi connectivity index (χ2v) is 3.56. The highest BCUT2D eigenvalue weighted by Gasteiger charge is 2.07. The van der Waals surface area contributed by atoms with Crippen LogP contribution in [0.2, 0.25) is 5.02 Å². The molecule has 0 heterocycles. The van der Waals surface area contributed by atoms with E-state index in [1.165, 1.54) is 36.8 Å². The minimum atomic E-state index is 0. The Labute approximate surface area is 84.3 Å². The summed E-state index contributed by atoms with van der Waals surface area (Å²) in [7, 11) is 0. The van der Waals surface area contributed by atoms with Gasteiger partial charge in [-0.2, -0.15) is 0 Å². The number of fused-ring (bicyclic) bond motifs is 1. The normalized spacial score (nSPS) is 14.8. The molecule has 66 valence electrons.